The molecule has 0 bridgehead atoms. The number of halogens is 1. The zero-order valence-electron chi connectivity index (χ0n) is 21.7. The number of carbonyl (C=O) groups excluding carboxylic acids is 1. The molecule has 1 aliphatic carbocycles. The molecule has 1 N–H and O–H groups in total. The molecule has 4 rings (SSSR count). The van der Waals surface area contributed by atoms with Gasteiger partial charge in [0.15, 0.2) is 0 Å². The van der Waals surface area contributed by atoms with Crippen LogP contribution >= 0.6 is 22.9 Å². The van der Waals surface area contributed by atoms with Gasteiger partial charge in [0.1, 0.15) is 5.01 Å². The van der Waals surface area contributed by atoms with E-state index in [0.29, 0.717) is 34.1 Å². The summed E-state index contributed by atoms with van der Waals surface area (Å²) < 4.78 is 0. The maximum Gasteiger partial charge on any atom is 0.306 e. The number of anilines is 1. The molecule has 1 aliphatic heterocycles. The van der Waals surface area contributed by atoms with Gasteiger partial charge in [0.25, 0.3) is 5.91 Å². The van der Waals surface area contributed by atoms with Crippen molar-refractivity contribution in [1.29, 1.82) is 0 Å². The van der Waals surface area contributed by atoms with Crippen molar-refractivity contribution in [3.05, 3.63) is 57.6 Å². The third kappa shape index (κ3) is 6.48. The second-order valence-electron chi connectivity index (χ2n) is 10.1. The summed E-state index contributed by atoms with van der Waals surface area (Å²) in [4.78, 5) is 28.7. The number of piperidine rings is 1. The van der Waals surface area contributed by atoms with Crippen molar-refractivity contribution >= 4 is 45.5 Å². The van der Waals surface area contributed by atoms with Crippen LogP contribution in [0.2, 0.25) is 5.02 Å². The quantitative estimate of drug-likeness (QED) is 0.416. The molecule has 2 atom stereocenters. The summed E-state index contributed by atoms with van der Waals surface area (Å²) in [6.07, 6.45) is 7.68. The Morgan fingerprint density at radius 2 is 1.95 bits per heavy atom. The highest BCUT2D eigenvalue weighted by Gasteiger charge is 2.30. The molecule has 1 aromatic heterocycles. The Labute approximate surface area is 227 Å². The van der Waals surface area contributed by atoms with E-state index in [0.717, 1.165) is 55.9 Å². The van der Waals surface area contributed by atoms with E-state index in [-0.39, 0.29) is 11.8 Å². The summed E-state index contributed by atoms with van der Waals surface area (Å²) in [5.41, 5.74) is 2.79. The fourth-order valence-corrected chi connectivity index (χ4v) is 6.20. The van der Waals surface area contributed by atoms with Crippen molar-refractivity contribution in [2.24, 2.45) is 17.8 Å². The van der Waals surface area contributed by atoms with Gasteiger partial charge in [-0.05, 0) is 63.2 Å². The monoisotopic (exact) mass is 542 g/mol. The molecule has 0 radical (unpaired) electrons. The molecule has 198 valence electrons. The first-order valence-electron chi connectivity index (χ1n) is 13.0. The van der Waals surface area contributed by atoms with Crippen LogP contribution in [0.1, 0.15) is 61.8 Å². The van der Waals surface area contributed by atoms with Crippen molar-refractivity contribution in [1.82, 2.24) is 15.1 Å². The Morgan fingerprint density at radius 3 is 2.59 bits per heavy atom. The number of benzene rings is 1. The standard InChI is InChI=1S/C28H35ClN4O3S/c1-4-5-12-33(26(34)22-8-6-7-9-24(22)29)28-31-30-25(37-28)21-15-18(2)23(19(3)16-21)17-32-13-10-20(11-14-32)27(35)36/h6-9,15-16,18,20,23H,4-5,10-14,17H2,1-3H3,(H,35,36). The molecule has 0 saturated carbocycles. The number of unbranched alkanes of at least 4 members (excludes halogenated alkanes) is 1. The highest BCUT2D eigenvalue weighted by Crippen LogP contribution is 2.37. The van der Waals surface area contributed by atoms with E-state index in [1.54, 1.807) is 17.0 Å². The molecule has 2 unspecified atom stereocenters. The number of rotatable bonds is 9. The second-order valence-corrected chi connectivity index (χ2v) is 11.4. The summed E-state index contributed by atoms with van der Waals surface area (Å²) in [5, 5.41) is 20.0. The van der Waals surface area contributed by atoms with Crippen molar-refractivity contribution in [2.75, 3.05) is 31.1 Å². The summed E-state index contributed by atoms with van der Waals surface area (Å²) in [6.45, 7) is 9.62. The minimum absolute atomic E-state index is 0.161. The first-order chi connectivity index (χ1) is 17.8. The minimum atomic E-state index is -0.674. The lowest BCUT2D eigenvalue weighted by molar-refractivity contribution is -0.143. The van der Waals surface area contributed by atoms with Gasteiger partial charge in [0.05, 0.1) is 16.5 Å². The highest BCUT2D eigenvalue weighted by molar-refractivity contribution is 7.16. The number of hydrogen-bond donors (Lipinski definition) is 1. The molecular formula is C28H35ClN4O3S. The van der Waals surface area contributed by atoms with Crippen molar-refractivity contribution in [3.63, 3.8) is 0 Å². The van der Waals surface area contributed by atoms with Crippen LogP contribution in [0, 0.1) is 17.8 Å². The zero-order chi connectivity index (χ0) is 26.5. The summed E-state index contributed by atoms with van der Waals surface area (Å²) in [6, 6.07) is 7.10. The number of nitrogens with zero attached hydrogens (tertiary/aromatic N) is 4. The SMILES string of the molecule is CCCCN(C(=O)c1ccccc1Cl)c1nnc(C2=CC(C)C(CN3CCC(C(=O)O)CC3)C(C)=C2)s1. The molecule has 9 heteroatoms. The lowest BCUT2D eigenvalue weighted by Gasteiger charge is -2.36. The van der Waals surface area contributed by atoms with E-state index in [2.05, 4.69) is 48.0 Å². The molecule has 1 amide bonds. The highest BCUT2D eigenvalue weighted by atomic mass is 35.5. The van der Waals surface area contributed by atoms with E-state index in [4.69, 9.17) is 11.6 Å². The maximum atomic E-state index is 13.4. The van der Waals surface area contributed by atoms with Crippen molar-refractivity contribution < 1.29 is 14.7 Å². The van der Waals surface area contributed by atoms with Gasteiger partial charge in [-0.3, -0.25) is 14.5 Å². The van der Waals surface area contributed by atoms with Crippen LogP contribution in [0.15, 0.2) is 42.0 Å². The van der Waals surface area contributed by atoms with E-state index < -0.39 is 5.97 Å². The number of carboxylic acids is 1. The van der Waals surface area contributed by atoms with Gasteiger partial charge in [-0.25, -0.2) is 0 Å². The van der Waals surface area contributed by atoms with Gasteiger partial charge in [-0.15, -0.1) is 10.2 Å². The van der Waals surface area contributed by atoms with Crippen LogP contribution in [-0.2, 0) is 4.79 Å². The minimum Gasteiger partial charge on any atom is -0.481 e. The van der Waals surface area contributed by atoms with E-state index in [1.165, 1.54) is 16.9 Å². The number of aromatic nitrogens is 2. The molecule has 1 aromatic carbocycles. The van der Waals surface area contributed by atoms with Gasteiger partial charge in [-0.1, -0.05) is 73.1 Å². The first-order valence-corrected chi connectivity index (χ1v) is 14.2. The smallest absolute Gasteiger partial charge is 0.306 e. The normalized spacial score (nSPS) is 20.9. The third-order valence-electron chi connectivity index (χ3n) is 7.41. The van der Waals surface area contributed by atoms with Crippen LogP contribution in [0.3, 0.4) is 0 Å². The van der Waals surface area contributed by atoms with Gasteiger partial charge >= 0.3 is 5.97 Å². The number of carbonyl (C=O) groups is 2. The fraction of sp³-hybridized carbons (Fsp3) is 0.500. The zero-order valence-corrected chi connectivity index (χ0v) is 23.3. The van der Waals surface area contributed by atoms with E-state index >= 15 is 0 Å². The van der Waals surface area contributed by atoms with Crippen LogP contribution in [0.5, 0.6) is 0 Å². The molecule has 2 heterocycles. The number of allylic oxidation sites excluding steroid dienone is 3. The number of likely N-dealkylation sites (tertiary alicyclic amines) is 1. The van der Waals surface area contributed by atoms with Gasteiger partial charge in [-0.2, -0.15) is 0 Å². The van der Waals surface area contributed by atoms with Gasteiger partial charge in [0, 0.05) is 18.7 Å². The Kier molecular flexibility index (Phi) is 9.16. The number of aliphatic carboxylic acids is 1. The predicted molar refractivity (Wildman–Crippen MR) is 149 cm³/mol. The summed E-state index contributed by atoms with van der Waals surface area (Å²) in [7, 11) is 0. The Bertz CT molecular complexity index is 1190. The molecule has 37 heavy (non-hydrogen) atoms. The molecule has 7 nitrogen and oxygen atoms in total. The Hall–Kier alpha value is -2.55. The molecule has 1 saturated heterocycles. The summed E-state index contributed by atoms with van der Waals surface area (Å²) >= 11 is 7.75. The molecule has 1 fully saturated rings. The van der Waals surface area contributed by atoms with Gasteiger partial charge in [0.2, 0.25) is 5.13 Å². The maximum absolute atomic E-state index is 13.4. The van der Waals surface area contributed by atoms with E-state index in [9.17, 15) is 14.7 Å². The van der Waals surface area contributed by atoms with Crippen molar-refractivity contribution in [3.8, 4) is 0 Å². The van der Waals surface area contributed by atoms with E-state index in [1.807, 2.05) is 12.1 Å². The molecule has 2 aliphatic rings. The fourth-order valence-electron chi connectivity index (χ4n) is 5.12. The lowest BCUT2D eigenvalue weighted by atomic mass is 9.81. The average Bonchev–Trinajstić information content (AvgIpc) is 3.37. The van der Waals surface area contributed by atoms with Crippen LogP contribution in [0.25, 0.3) is 5.57 Å². The van der Waals surface area contributed by atoms with Crippen LogP contribution < -0.4 is 4.90 Å². The average molecular weight is 543 g/mol. The third-order valence-corrected chi connectivity index (χ3v) is 8.74. The lowest BCUT2D eigenvalue weighted by Crippen LogP contribution is -2.40. The topological polar surface area (TPSA) is 86.6 Å². The molecule has 2 aromatic rings. The van der Waals surface area contributed by atoms with Gasteiger partial charge < -0.3 is 10.0 Å². The summed E-state index contributed by atoms with van der Waals surface area (Å²) in [5.74, 6) is -0.360. The number of carboxylic acid groups (broad SMARTS) is 1. The van der Waals surface area contributed by atoms with Crippen LogP contribution in [0.4, 0.5) is 5.13 Å². The van der Waals surface area contributed by atoms with Crippen molar-refractivity contribution in [2.45, 2.75) is 46.5 Å². The molecular weight excluding hydrogens is 508 g/mol. The number of amides is 1. The Morgan fingerprint density at radius 1 is 1.22 bits per heavy atom. The first kappa shape index (κ1) is 27.5. The predicted octanol–water partition coefficient (Wildman–Crippen LogP) is 6.03. The van der Waals surface area contributed by atoms with Crippen LogP contribution in [-0.4, -0.2) is 58.3 Å². The Balaban J connectivity index is 1.48. The largest absolute Gasteiger partial charge is 0.481 e. The second kappa shape index (κ2) is 12.3. The molecule has 0 spiro atoms. The number of hydrogen-bond acceptors (Lipinski definition) is 6.